The Hall–Kier alpha value is -2.13. The van der Waals surface area contributed by atoms with Crippen LogP contribution in [0.15, 0.2) is 48.5 Å². The molecule has 0 aromatic heterocycles. The normalized spacial score (nSPS) is 18.0. The number of amides is 1. The maximum Gasteiger partial charge on any atom is 0.254 e. The number of benzene rings is 2. The van der Waals surface area contributed by atoms with Crippen molar-refractivity contribution in [3.8, 4) is 11.1 Å². The molecule has 1 fully saturated rings. The summed E-state index contributed by atoms with van der Waals surface area (Å²) in [6, 6.07) is 16.8. The highest BCUT2D eigenvalue weighted by Gasteiger charge is 2.26. The Balaban J connectivity index is 1.91. The fourth-order valence-electron chi connectivity index (χ4n) is 3.46. The largest absolute Gasteiger partial charge is 0.337 e. The molecule has 3 heteroatoms. The first-order valence-corrected chi connectivity index (χ1v) is 8.68. The summed E-state index contributed by atoms with van der Waals surface area (Å²) in [7, 11) is 4.19. The van der Waals surface area contributed by atoms with Crippen LogP contribution in [-0.4, -0.2) is 48.9 Å². The second kappa shape index (κ2) is 7.18. The van der Waals surface area contributed by atoms with Gasteiger partial charge in [0.25, 0.3) is 5.91 Å². The van der Waals surface area contributed by atoms with Crippen LogP contribution in [0.25, 0.3) is 11.1 Å². The average molecular weight is 322 g/mol. The molecule has 1 saturated heterocycles. The summed E-state index contributed by atoms with van der Waals surface area (Å²) in [5.74, 6) is 0.152. The number of hydrogen-bond donors (Lipinski definition) is 0. The van der Waals surface area contributed by atoms with E-state index >= 15 is 0 Å². The Bertz CT molecular complexity index is 723. The van der Waals surface area contributed by atoms with Gasteiger partial charge in [-0.1, -0.05) is 48.0 Å². The first kappa shape index (κ1) is 16.7. The smallest absolute Gasteiger partial charge is 0.254 e. The number of nitrogens with zero attached hydrogens (tertiary/aromatic N) is 2. The molecule has 0 bridgehead atoms. The van der Waals surface area contributed by atoms with Crippen molar-refractivity contribution in [2.45, 2.75) is 25.8 Å². The molecule has 1 atom stereocenters. The van der Waals surface area contributed by atoms with Crippen LogP contribution in [0.1, 0.15) is 28.8 Å². The molecule has 3 nitrogen and oxygen atoms in total. The number of aryl methyl sites for hydroxylation is 1. The van der Waals surface area contributed by atoms with E-state index in [0.29, 0.717) is 6.04 Å². The van der Waals surface area contributed by atoms with Gasteiger partial charge < -0.3 is 9.80 Å². The van der Waals surface area contributed by atoms with Gasteiger partial charge in [0.15, 0.2) is 0 Å². The minimum atomic E-state index is 0.152. The Kier molecular flexibility index (Phi) is 5.00. The second-order valence-electron chi connectivity index (χ2n) is 6.93. The third-order valence-corrected chi connectivity index (χ3v) is 4.90. The topological polar surface area (TPSA) is 23.6 Å². The third-order valence-electron chi connectivity index (χ3n) is 4.90. The van der Waals surface area contributed by atoms with E-state index in [9.17, 15) is 4.79 Å². The van der Waals surface area contributed by atoms with E-state index in [0.717, 1.165) is 42.6 Å². The molecule has 1 aliphatic rings. The van der Waals surface area contributed by atoms with Gasteiger partial charge in [-0.25, -0.2) is 0 Å². The summed E-state index contributed by atoms with van der Waals surface area (Å²) in [6.07, 6.45) is 2.23. The molecule has 2 aromatic carbocycles. The summed E-state index contributed by atoms with van der Waals surface area (Å²) >= 11 is 0. The molecule has 1 aliphatic heterocycles. The molecule has 0 spiro atoms. The van der Waals surface area contributed by atoms with Crippen LogP contribution in [0, 0.1) is 6.92 Å². The van der Waals surface area contributed by atoms with Gasteiger partial charge >= 0.3 is 0 Å². The van der Waals surface area contributed by atoms with Gasteiger partial charge in [0.1, 0.15) is 0 Å². The molecule has 24 heavy (non-hydrogen) atoms. The minimum Gasteiger partial charge on any atom is -0.337 e. The van der Waals surface area contributed by atoms with Crippen molar-refractivity contribution < 1.29 is 4.79 Å². The molecule has 0 N–H and O–H groups in total. The third kappa shape index (κ3) is 3.51. The van der Waals surface area contributed by atoms with Crippen molar-refractivity contribution in [1.29, 1.82) is 0 Å². The van der Waals surface area contributed by atoms with Crippen LogP contribution in [0.2, 0.25) is 0 Å². The van der Waals surface area contributed by atoms with Gasteiger partial charge in [-0.2, -0.15) is 0 Å². The molecule has 1 amide bonds. The van der Waals surface area contributed by atoms with E-state index in [2.05, 4.69) is 56.3 Å². The van der Waals surface area contributed by atoms with E-state index in [1.54, 1.807) is 0 Å². The maximum absolute atomic E-state index is 13.2. The lowest BCUT2D eigenvalue weighted by molar-refractivity contribution is 0.0636. The molecule has 3 rings (SSSR count). The van der Waals surface area contributed by atoms with Crippen LogP contribution in [-0.2, 0) is 0 Å². The van der Waals surface area contributed by atoms with Crippen LogP contribution < -0.4 is 0 Å². The molecule has 0 aliphatic carbocycles. The molecular weight excluding hydrogens is 296 g/mol. The van der Waals surface area contributed by atoms with E-state index in [-0.39, 0.29) is 5.91 Å². The monoisotopic (exact) mass is 322 g/mol. The van der Waals surface area contributed by atoms with Gasteiger partial charge in [0.05, 0.1) is 0 Å². The predicted octanol–water partition coefficient (Wildman–Crippen LogP) is 3.83. The summed E-state index contributed by atoms with van der Waals surface area (Å²) in [6.45, 7) is 3.75. The van der Waals surface area contributed by atoms with Crippen molar-refractivity contribution in [3.05, 3.63) is 59.7 Å². The fraction of sp³-hybridized carbons (Fsp3) is 0.381. The zero-order valence-corrected chi connectivity index (χ0v) is 14.8. The van der Waals surface area contributed by atoms with E-state index < -0.39 is 0 Å². The van der Waals surface area contributed by atoms with Gasteiger partial charge in [0, 0.05) is 24.7 Å². The molecule has 2 aromatic rings. The molecule has 1 heterocycles. The van der Waals surface area contributed by atoms with Crippen molar-refractivity contribution >= 4 is 5.91 Å². The standard InChI is InChI=1S/C21H26N2O/c1-16-8-6-9-17(14-16)19-11-4-5-12-20(19)21(24)23-13-7-10-18(15-23)22(2)3/h4-6,8-9,11-12,14,18H,7,10,13,15H2,1-3H3. The van der Waals surface area contributed by atoms with Crippen molar-refractivity contribution in [2.75, 3.05) is 27.2 Å². The van der Waals surface area contributed by atoms with E-state index in [1.165, 1.54) is 5.56 Å². The molecule has 0 radical (unpaired) electrons. The number of piperidine rings is 1. The van der Waals surface area contributed by atoms with Gasteiger partial charge in [-0.3, -0.25) is 4.79 Å². The number of likely N-dealkylation sites (tertiary alicyclic amines) is 1. The number of hydrogen-bond acceptors (Lipinski definition) is 2. The lowest BCUT2D eigenvalue weighted by atomic mass is 9.96. The fourth-order valence-corrected chi connectivity index (χ4v) is 3.46. The quantitative estimate of drug-likeness (QED) is 0.857. The van der Waals surface area contributed by atoms with Crippen molar-refractivity contribution in [2.24, 2.45) is 0 Å². The molecular formula is C21H26N2O. The predicted molar refractivity (Wildman–Crippen MR) is 99.2 cm³/mol. The molecule has 0 saturated carbocycles. The number of likely N-dealkylation sites (N-methyl/N-ethyl adjacent to an activating group) is 1. The van der Waals surface area contributed by atoms with E-state index in [1.807, 2.05) is 23.1 Å². The Morgan fingerprint density at radius 3 is 2.67 bits per heavy atom. The first-order chi connectivity index (χ1) is 11.6. The number of rotatable bonds is 3. The highest BCUT2D eigenvalue weighted by molar-refractivity contribution is 6.01. The van der Waals surface area contributed by atoms with Crippen molar-refractivity contribution in [1.82, 2.24) is 9.80 Å². The molecule has 1 unspecified atom stereocenters. The minimum absolute atomic E-state index is 0.152. The zero-order chi connectivity index (χ0) is 17.1. The second-order valence-corrected chi connectivity index (χ2v) is 6.93. The zero-order valence-electron chi connectivity index (χ0n) is 14.8. The van der Waals surface area contributed by atoms with Gasteiger partial charge in [0.2, 0.25) is 0 Å². The SMILES string of the molecule is Cc1cccc(-c2ccccc2C(=O)N2CCCC(N(C)C)C2)c1. The first-order valence-electron chi connectivity index (χ1n) is 8.68. The summed E-state index contributed by atoms with van der Waals surface area (Å²) in [5, 5.41) is 0. The molecule has 126 valence electrons. The summed E-state index contributed by atoms with van der Waals surface area (Å²) in [5.41, 5.74) is 4.15. The Morgan fingerprint density at radius 1 is 1.12 bits per heavy atom. The van der Waals surface area contributed by atoms with Crippen molar-refractivity contribution in [3.63, 3.8) is 0 Å². The summed E-state index contributed by atoms with van der Waals surface area (Å²) < 4.78 is 0. The van der Waals surface area contributed by atoms with Gasteiger partial charge in [-0.15, -0.1) is 0 Å². The Labute approximate surface area is 144 Å². The van der Waals surface area contributed by atoms with Crippen LogP contribution in [0.4, 0.5) is 0 Å². The average Bonchev–Trinajstić information content (AvgIpc) is 2.61. The lowest BCUT2D eigenvalue weighted by Crippen LogP contribution is -2.47. The lowest BCUT2D eigenvalue weighted by Gasteiger charge is -2.36. The summed E-state index contributed by atoms with van der Waals surface area (Å²) in [4.78, 5) is 17.4. The van der Waals surface area contributed by atoms with Crippen LogP contribution >= 0.6 is 0 Å². The van der Waals surface area contributed by atoms with Crippen LogP contribution in [0.5, 0.6) is 0 Å². The number of carbonyl (C=O) groups is 1. The number of carbonyl (C=O) groups excluding carboxylic acids is 1. The van der Waals surface area contributed by atoms with Crippen LogP contribution in [0.3, 0.4) is 0 Å². The highest BCUT2D eigenvalue weighted by Crippen LogP contribution is 2.26. The van der Waals surface area contributed by atoms with E-state index in [4.69, 9.17) is 0 Å². The maximum atomic E-state index is 13.2. The van der Waals surface area contributed by atoms with Gasteiger partial charge in [-0.05, 0) is 51.1 Å². The Morgan fingerprint density at radius 2 is 1.92 bits per heavy atom. The highest BCUT2D eigenvalue weighted by atomic mass is 16.2.